The number of carbonyl (C=O) groups is 1. The van der Waals surface area contributed by atoms with Gasteiger partial charge >= 0.3 is 0 Å². The molecule has 96 valence electrons. The predicted molar refractivity (Wildman–Crippen MR) is 67.6 cm³/mol. The number of nitrogens with zero attached hydrogens (tertiary/aromatic N) is 3. The molecule has 0 aliphatic rings. The Hall–Kier alpha value is -1.08. The quantitative estimate of drug-likeness (QED) is 0.767. The van der Waals surface area contributed by atoms with E-state index in [0.717, 1.165) is 24.4 Å². The van der Waals surface area contributed by atoms with Gasteiger partial charge in [-0.05, 0) is 36.4 Å². The minimum Gasteiger partial charge on any atom is -0.330 e. The van der Waals surface area contributed by atoms with Gasteiger partial charge in [-0.1, -0.05) is 23.4 Å². The molecule has 1 rings (SSSR count). The van der Waals surface area contributed by atoms with Crippen LogP contribution in [0.4, 0.5) is 5.13 Å². The molecule has 17 heavy (non-hydrogen) atoms. The molecule has 1 heterocycles. The third-order valence-corrected chi connectivity index (χ3v) is 3.28. The fourth-order valence-corrected chi connectivity index (χ4v) is 2.09. The van der Waals surface area contributed by atoms with Gasteiger partial charge in [-0.25, -0.2) is 0 Å². The van der Waals surface area contributed by atoms with E-state index in [9.17, 15) is 4.79 Å². The number of hydrogen-bond acceptors (Lipinski definition) is 6. The first-order valence-corrected chi connectivity index (χ1v) is 6.55. The normalized spacial score (nSPS) is 12.7. The van der Waals surface area contributed by atoms with Crippen molar-refractivity contribution in [3.8, 4) is 0 Å². The number of carbonyl (C=O) groups excluding carboxylic acids is 1. The van der Waals surface area contributed by atoms with Crippen LogP contribution in [0.3, 0.4) is 0 Å². The van der Waals surface area contributed by atoms with Crippen LogP contribution in [0.25, 0.3) is 0 Å². The maximum Gasteiger partial charge on any atom is 0.231 e. The number of hydrogen-bond donors (Lipinski definition) is 2. The number of aromatic nitrogens is 3. The van der Waals surface area contributed by atoms with Crippen LogP contribution >= 0.6 is 11.5 Å². The molecular weight excluding hydrogens is 238 g/mol. The summed E-state index contributed by atoms with van der Waals surface area (Å²) in [6.07, 6.45) is 2.31. The van der Waals surface area contributed by atoms with Gasteiger partial charge in [-0.2, -0.15) is 0 Å². The van der Waals surface area contributed by atoms with Gasteiger partial charge in [0.2, 0.25) is 11.0 Å². The molecule has 0 saturated carbocycles. The summed E-state index contributed by atoms with van der Waals surface area (Å²) in [5.74, 6) is 1.01. The zero-order chi connectivity index (χ0) is 12.7. The first-order chi connectivity index (χ1) is 8.13. The van der Waals surface area contributed by atoms with Crippen molar-refractivity contribution in [1.29, 1.82) is 0 Å². The lowest BCUT2D eigenvalue weighted by Crippen LogP contribution is -2.18. The van der Waals surface area contributed by atoms with Crippen LogP contribution in [0.1, 0.15) is 33.1 Å². The highest BCUT2D eigenvalue weighted by Crippen LogP contribution is 2.20. The van der Waals surface area contributed by atoms with Crippen molar-refractivity contribution in [3.63, 3.8) is 0 Å². The van der Waals surface area contributed by atoms with Crippen molar-refractivity contribution in [2.45, 2.75) is 33.1 Å². The van der Waals surface area contributed by atoms with Crippen LogP contribution in [0.5, 0.6) is 0 Å². The van der Waals surface area contributed by atoms with Gasteiger partial charge in [0.15, 0.2) is 0 Å². The Morgan fingerprint density at radius 1 is 1.47 bits per heavy atom. The molecular formula is C10H19N5OS. The van der Waals surface area contributed by atoms with Crippen LogP contribution in [0, 0.1) is 11.8 Å². The summed E-state index contributed by atoms with van der Waals surface area (Å²) in [6.45, 7) is 4.99. The highest BCUT2D eigenvalue weighted by Gasteiger charge is 2.15. The lowest BCUT2D eigenvalue weighted by atomic mass is 9.88. The summed E-state index contributed by atoms with van der Waals surface area (Å²) in [5, 5.41) is 10.2. The Kier molecular flexibility index (Phi) is 5.99. The third kappa shape index (κ3) is 5.18. The largest absolute Gasteiger partial charge is 0.330 e. The van der Waals surface area contributed by atoms with Gasteiger partial charge < -0.3 is 5.73 Å². The second-order valence-corrected chi connectivity index (χ2v) is 5.07. The van der Waals surface area contributed by atoms with E-state index in [4.69, 9.17) is 5.73 Å². The van der Waals surface area contributed by atoms with Crippen LogP contribution in [0.2, 0.25) is 0 Å². The SMILES string of the molecule is CC(C)C(CCN)CCC(=O)Nc1nnns1. The molecule has 1 unspecified atom stereocenters. The van der Waals surface area contributed by atoms with E-state index in [1.54, 1.807) is 0 Å². The standard InChI is InChI=1S/C10H19N5OS/c1-7(2)8(5-6-11)3-4-9(16)12-10-13-14-15-17-10/h7-8H,3-6,11H2,1-2H3,(H,12,13,15,16). The smallest absolute Gasteiger partial charge is 0.231 e. The van der Waals surface area contributed by atoms with E-state index < -0.39 is 0 Å². The summed E-state index contributed by atoms with van der Waals surface area (Å²) in [7, 11) is 0. The second kappa shape index (κ2) is 7.29. The van der Waals surface area contributed by atoms with E-state index in [0.29, 0.717) is 29.9 Å². The maximum atomic E-state index is 11.6. The lowest BCUT2D eigenvalue weighted by Gasteiger charge is -2.19. The maximum absolute atomic E-state index is 11.6. The van der Waals surface area contributed by atoms with E-state index in [1.807, 2.05) is 0 Å². The Morgan fingerprint density at radius 2 is 2.24 bits per heavy atom. The van der Waals surface area contributed by atoms with Crippen LogP contribution in [-0.2, 0) is 4.79 Å². The van der Waals surface area contributed by atoms with Gasteiger partial charge in [0.1, 0.15) is 0 Å². The van der Waals surface area contributed by atoms with Crippen molar-refractivity contribution >= 4 is 22.6 Å². The molecule has 7 heteroatoms. The Morgan fingerprint density at radius 3 is 2.76 bits per heavy atom. The van der Waals surface area contributed by atoms with Crippen LogP contribution in [-0.4, -0.2) is 27.3 Å². The van der Waals surface area contributed by atoms with E-state index in [-0.39, 0.29) is 5.91 Å². The fraction of sp³-hybridized carbons (Fsp3) is 0.800. The Bertz CT molecular complexity index is 327. The zero-order valence-electron chi connectivity index (χ0n) is 10.2. The van der Waals surface area contributed by atoms with Crippen molar-refractivity contribution in [3.05, 3.63) is 0 Å². The van der Waals surface area contributed by atoms with Gasteiger partial charge in [0.05, 0.1) is 0 Å². The van der Waals surface area contributed by atoms with E-state index >= 15 is 0 Å². The molecule has 1 aromatic heterocycles. The van der Waals surface area contributed by atoms with Gasteiger partial charge in [-0.15, -0.1) is 0 Å². The second-order valence-electron chi connectivity index (χ2n) is 4.34. The minimum absolute atomic E-state index is 0.0359. The molecule has 0 aromatic carbocycles. The van der Waals surface area contributed by atoms with Crippen LogP contribution in [0.15, 0.2) is 0 Å². The number of anilines is 1. The van der Waals surface area contributed by atoms with Gasteiger partial charge in [0, 0.05) is 18.0 Å². The average Bonchev–Trinajstić information content (AvgIpc) is 2.76. The van der Waals surface area contributed by atoms with Gasteiger partial charge in [-0.3, -0.25) is 10.1 Å². The summed E-state index contributed by atoms with van der Waals surface area (Å²) in [5.41, 5.74) is 5.56. The van der Waals surface area contributed by atoms with Crippen molar-refractivity contribution in [2.24, 2.45) is 17.6 Å². The number of amides is 1. The topological polar surface area (TPSA) is 93.8 Å². The fourth-order valence-electron chi connectivity index (χ4n) is 1.71. The highest BCUT2D eigenvalue weighted by molar-refractivity contribution is 7.09. The third-order valence-electron chi connectivity index (χ3n) is 2.77. The van der Waals surface area contributed by atoms with Crippen molar-refractivity contribution < 1.29 is 4.79 Å². The van der Waals surface area contributed by atoms with Crippen molar-refractivity contribution in [2.75, 3.05) is 11.9 Å². The van der Waals surface area contributed by atoms with Gasteiger partial charge in [0.25, 0.3) is 0 Å². The molecule has 1 atom stereocenters. The molecule has 1 amide bonds. The summed E-state index contributed by atoms with van der Waals surface area (Å²) < 4.78 is 3.58. The number of nitrogens with two attached hydrogens (primary N) is 1. The molecule has 3 N–H and O–H groups in total. The van der Waals surface area contributed by atoms with Crippen molar-refractivity contribution in [1.82, 2.24) is 14.8 Å². The summed E-state index contributed by atoms with van der Waals surface area (Å²) >= 11 is 1.08. The number of nitrogens with one attached hydrogen (secondary N) is 1. The molecule has 0 aliphatic carbocycles. The Labute approximate surface area is 105 Å². The minimum atomic E-state index is -0.0359. The molecule has 0 aliphatic heterocycles. The molecule has 1 aromatic rings. The van der Waals surface area contributed by atoms with E-state index in [1.165, 1.54) is 0 Å². The van der Waals surface area contributed by atoms with E-state index in [2.05, 4.69) is 34.0 Å². The molecule has 0 radical (unpaired) electrons. The van der Waals surface area contributed by atoms with Crippen LogP contribution < -0.4 is 11.1 Å². The molecule has 0 fully saturated rings. The Balaban J connectivity index is 2.31. The first kappa shape index (κ1) is 14.0. The predicted octanol–water partition coefficient (Wildman–Crippen LogP) is 1.27. The first-order valence-electron chi connectivity index (χ1n) is 5.78. The molecule has 0 bridgehead atoms. The molecule has 0 saturated heterocycles. The number of rotatable bonds is 7. The lowest BCUT2D eigenvalue weighted by molar-refractivity contribution is -0.116. The monoisotopic (exact) mass is 257 g/mol. The molecule has 6 nitrogen and oxygen atoms in total. The highest BCUT2D eigenvalue weighted by atomic mass is 32.1. The average molecular weight is 257 g/mol. The summed E-state index contributed by atoms with van der Waals surface area (Å²) in [4.78, 5) is 11.6. The summed E-state index contributed by atoms with van der Waals surface area (Å²) in [6, 6.07) is 0. The zero-order valence-corrected chi connectivity index (χ0v) is 11.0. The molecule has 0 spiro atoms.